The molecule has 0 radical (unpaired) electrons. The maximum Gasteiger partial charge on any atom is 0.303 e. The van der Waals surface area contributed by atoms with Gasteiger partial charge in [0.1, 0.15) is 0 Å². The fourth-order valence-electron chi connectivity index (χ4n) is 2.04. The van der Waals surface area contributed by atoms with E-state index in [2.05, 4.69) is 4.98 Å². The van der Waals surface area contributed by atoms with E-state index in [9.17, 15) is 4.79 Å². The number of carboxylic acid groups (broad SMARTS) is 1. The highest BCUT2D eigenvalue weighted by atomic mass is 35.5. The van der Waals surface area contributed by atoms with Gasteiger partial charge in [0.25, 0.3) is 0 Å². The van der Waals surface area contributed by atoms with Crippen LogP contribution < -0.4 is 0 Å². The van der Waals surface area contributed by atoms with E-state index in [4.69, 9.17) is 16.7 Å². The number of nitrogens with zero attached hydrogens (tertiary/aromatic N) is 2. The Balaban J connectivity index is 1.99. The highest BCUT2D eigenvalue weighted by Gasteiger charge is 2.12. The molecule has 0 saturated heterocycles. The number of rotatable bonds is 4. The highest BCUT2D eigenvalue weighted by molar-refractivity contribution is 7.15. The van der Waals surface area contributed by atoms with Gasteiger partial charge < -0.3 is 5.11 Å². The molecular weight excluding hydrogens is 296 g/mol. The number of halogens is 1. The molecule has 0 atom stereocenters. The van der Waals surface area contributed by atoms with E-state index in [1.807, 2.05) is 40.2 Å². The summed E-state index contributed by atoms with van der Waals surface area (Å²) in [6.07, 6.45) is 2.52. The molecular formula is C14H11ClN2O2S. The van der Waals surface area contributed by atoms with Gasteiger partial charge in [0, 0.05) is 22.8 Å². The quantitative estimate of drug-likeness (QED) is 0.799. The molecule has 102 valence electrons. The molecule has 1 aromatic carbocycles. The number of fused-ring (bicyclic) bond motifs is 1. The van der Waals surface area contributed by atoms with Crippen molar-refractivity contribution >= 4 is 33.9 Å². The Morgan fingerprint density at radius 2 is 2.20 bits per heavy atom. The van der Waals surface area contributed by atoms with Gasteiger partial charge in [-0.1, -0.05) is 29.8 Å². The van der Waals surface area contributed by atoms with Gasteiger partial charge in [0.05, 0.1) is 17.1 Å². The summed E-state index contributed by atoms with van der Waals surface area (Å²) in [7, 11) is 0. The summed E-state index contributed by atoms with van der Waals surface area (Å²) in [5.41, 5.74) is 2.64. The molecule has 0 unspecified atom stereocenters. The third-order valence-corrected chi connectivity index (χ3v) is 4.25. The van der Waals surface area contributed by atoms with Crippen molar-refractivity contribution < 1.29 is 9.90 Å². The van der Waals surface area contributed by atoms with Crippen LogP contribution in [0.4, 0.5) is 0 Å². The highest BCUT2D eigenvalue weighted by Crippen LogP contribution is 2.29. The molecule has 0 aliphatic rings. The minimum atomic E-state index is -0.796. The number of aliphatic carboxylic acids is 1. The Labute approximate surface area is 124 Å². The normalized spacial score (nSPS) is 11.1. The molecule has 0 fully saturated rings. The van der Waals surface area contributed by atoms with E-state index in [1.165, 1.54) is 11.3 Å². The first-order valence-electron chi connectivity index (χ1n) is 6.07. The Hall–Kier alpha value is -1.85. The van der Waals surface area contributed by atoms with Crippen LogP contribution in [-0.4, -0.2) is 20.5 Å². The summed E-state index contributed by atoms with van der Waals surface area (Å²) >= 11 is 7.68. The van der Waals surface area contributed by atoms with E-state index in [0.29, 0.717) is 11.4 Å². The summed E-state index contributed by atoms with van der Waals surface area (Å²) < 4.78 is 1.94. The number of hydrogen-bond donors (Lipinski definition) is 1. The second-order valence-electron chi connectivity index (χ2n) is 4.38. The molecule has 20 heavy (non-hydrogen) atoms. The lowest BCUT2D eigenvalue weighted by molar-refractivity contribution is -0.136. The third kappa shape index (κ3) is 2.42. The van der Waals surface area contributed by atoms with Gasteiger partial charge in [-0.3, -0.25) is 9.20 Å². The van der Waals surface area contributed by atoms with Crippen molar-refractivity contribution in [3.8, 4) is 11.3 Å². The fraction of sp³-hybridized carbons (Fsp3) is 0.143. The van der Waals surface area contributed by atoms with Gasteiger partial charge in [0.15, 0.2) is 4.96 Å². The van der Waals surface area contributed by atoms with Crippen molar-refractivity contribution in [3.63, 3.8) is 0 Å². The molecule has 0 amide bonds. The van der Waals surface area contributed by atoms with Crippen LogP contribution in [-0.2, 0) is 11.2 Å². The first-order chi connectivity index (χ1) is 9.65. The van der Waals surface area contributed by atoms with Crippen molar-refractivity contribution in [1.29, 1.82) is 0 Å². The molecule has 0 aliphatic heterocycles. The number of benzene rings is 1. The standard InChI is InChI=1S/C14H11ClN2O2S/c15-11-4-2-1-3-10(11)12-7-17-9(5-6-13(18)19)8-20-14(17)16-12/h1-4,7-8H,5-6H2,(H,18,19). The number of imidazole rings is 1. The van der Waals surface area contributed by atoms with Gasteiger partial charge >= 0.3 is 5.97 Å². The lowest BCUT2D eigenvalue weighted by atomic mass is 10.2. The summed E-state index contributed by atoms with van der Waals surface area (Å²) in [6.45, 7) is 0. The van der Waals surface area contributed by atoms with Crippen molar-refractivity contribution in [2.45, 2.75) is 12.8 Å². The summed E-state index contributed by atoms with van der Waals surface area (Å²) in [5.74, 6) is -0.796. The fourth-order valence-corrected chi connectivity index (χ4v) is 3.18. The Morgan fingerprint density at radius 3 is 2.95 bits per heavy atom. The van der Waals surface area contributed by atoms with Crippen LogP contribution in [0.2, 0.25) is 5.02 Å². The maximum absolute atomic E-state index is 10.7. The van der Waals surface area contributed by atoms with E-state index in [-0.39, 0.29) is 6.42 Å². The molecule has 3 aromatic rings. The molecule has 0 spiro atoms. The number of carboxylic acids is 1. The Morgan fingerprint density at radius 1 is 1.40 bits per heavy atom. The third-order valence-electron chi connectivity index (χ3n) is 3.03. The average Bonchev–Trinajstić information content (AvgIpc) is 2.97. The van der Waals surface area contributed by atoms with E-state index >= 15 is 0 Å². The minimum Gasteiger partial charge on any atom is -0.481 e. The summed E-state index contributed by atoms with van der Waals surface area (Å²) in [6, 6.07) is 7.55. The van der Waals surface area contributed by atoms with Gasteiger partial charge in [-0.2, -0.15) is 0 Å². The monoisotopic (exact) mass is 306 g/mol. The van der Waals surface area contributed by atoms with Crippen molar-refractivity contribution in [3.05, 3.63) is 46.6 Å². The van der Waals surface area contributed by atoms with Gasteiger partial charge in [0.2, 0.25) is 0 Å². The number of aryl methyl sites for hydroxylation is 1. The van der Waals surface area contributed by atoms with Crippen LogP contribution in [0.3, 0.4) is 0 Å². The topological polar surface area (TPSA) is 54.6 Å². The molecule has 3 rings (SSSR count). The predicted molar refractivity (Wildman–Crippen MR) is 79.5 cm³/mol. The Kier molecular flexibility index (Phi) is 3.46. The van der Waals surface area contributed by atoms with Gasteiger partial charge in [-0.05, 0) is 12.5 Å². The van der Waals surface area contributed by atoms with Gasteiger partial charge in [-0.15, -0.1) is 11.3 Å². The second-order valence-corrected chi connectivity index (χ2v) is 5.62. The predicted octanol–water partition coefficient (Wildman–Crippen LogP) is 3.73. The van der Waals surface area contributed by atoms with Gasteiger partial charge in [-0.25, -0.2) is 4.98 Å². The zero-order chi connectivity index (χ0) is 14.1. The number of hydrogen-bond acceptors (Lipinski definition) is 3. The molecule has 2 aromatic heterocycles. The minimum absolute atomic E-state index is 0.117. The average molecular weight is 307 g/mol. The largest absolute Gasteiger partial charge is 0.481 e. The van der Waals surface area contributed by atoms with E-state index in [1.54, 1.807) is 0 Å². The number of carbonyl (C=O) groups is 1. The molecule has 0 aliphatic carbocycles. The van der Waals surface area contributed by atoms with Crippen LogP contribution in [0.25, 0.3) is 16.2 Å². The molecule has 0 saturated carbocycles. The molecule has 2 heterocycles. The molecule has 6 heteroatoms. The first kappa shape index (κ1) is 13.1. The number of aromatic nitrogens is 2. The van der Waals surface area contributed by atoms with Crippen LogP contribution in [0.15, 0.2) is 35.8 Å². The molecule has 0 bridgehead atoms. The zero-order valence-corrected chi connectivity index (χ0v) is 12.0. The van der Waals surface area contributed by atoms with E-state index < -0.39 is 5.97 Å². The van der Waals surface area contributed by atoms with Crippen molar-refractivity contribution in [2.75, 3.05) is 0 Å². The number of thiazole rings is 1. The lowest BCUT2D eigenvalue weighted by Crippen LogP contribution is -1.99. The summed E-state index contributed by atoms with van der Waals surface area (Å²) in [5, 5.41) is 11.4. The van der Waals surface area contributed by atoms with Crippen LogP contribution >= 0.6 is 22.9 Å². The SMILES string of the molecule is O=C(O)CCc1csc2nc(-c3ccccc3Cl)cn12. The van der Waals surface area contributed by atoms with Crippen molar-refractivity contribution in [2.24, 2.45) is 0 Å². The van der Waals surface area contributed by atoms with Crippen LogP contribution in [0, 0.1) is 0 Å². The maximum atomic E-state index is 10.7. The molecule has 4 nitrogen and oxygen atoms in total. The summed E-state index contributed by atoms with van der Waals surface area (Å²) in [4.78, 5) is 16.1. The van der Waals surface area contributed by atoms with E-state index in [0.717, 1.165) is 21.9 Å². The smallest absolute Gasteiger partial charge is 0.303 e. The second kappa shape index (κ2) is 5.26. The zero-order valence-electron chi connectivity index (χ0n) is 10.4. The van der Waals surface area contributed by atoms with Crippen LogP contribution in [0.1, 0.15) is 12.1 Å². The first-order valence-corrected chi connectivity index (χ1v) is 7.33. The Bertz CT molecular complexity index is 778. The lowest BCUT2D eigenvalue weighted by Gasteiger charge is -1.99. The van der Waals surface area contributed by atoms with Crippen LogP contribution in [0.5, 0.6) is 0 Å². The molecule has 1 N–H and O–H groups in total. The van der Waals surface area contributed by atoms with Crippen molar-refractivity contribution in [1.82, 2.24) is 9.38 Å².